The van der Waals surface area contributed by atoms with Crippen molar-refractivity contribution in [2.24, 2.45) is 11.8 Å². The van der Waals surface area contributed by atoms with Gasteiger partial charge in [0.2, 0.25) is 0 Å². The van der Waals surface area contributed by atoms with Gasteiger partial charge < -0.3 is 15.3 Å². The van der Waals surface area contributed by atoms with Crippen molar-refractivity contribution < 1.29 is 27.9 Å². The fourth-order valence-corrected chi connectivity index (χ4v) is 3.41. The fraction of sp³-hybridized carbons (Fsp3) is 0.688. The summed E-state index contributed by atoms with van der Waals surface area (Å²) in [6, 6.07) is -0.721. The van der Waals surface area contributed by atoms with Crippen LogP contribution in [0.1, 0.15) is 37.8 Å². The van der Waals surface area contributed by atoms with Crippen LogP contribution in [-0.4, -0.2) is 51.1 Å². The number of hydrogen-bond acceptors (Lipinski definition) is 3. The van der Waals surface area contributed by atoms with Crippen molar-refractivity contribution in [2.45, 2.75) is 44.8 Å². The number of aliphatic carboxylic acids is 1. The summed E-state index contributed by atoms with van der Waals surface area (Å²) in [5, 5.41) is 15.9. The first-order valence-corrected chi connectivity index (χ1v) is 8.63. The molecule has 1 aliphatic carbocycles. The van der Waals surface area contributed by atoms with E-state index >= 15 is 0 Å². The molecule has 2 amide bonds. The Morgan fingerprint density at radius 1 is 1.35 bits per heavy atom. The maximum absolute atomic E-state index is 13.1. The summed E-state index contributed by atoms with van der Waals surface area (Å²) in [4.78, 5) is 24.5. The third-order valence-corrected chi connectivity index (χ3v) is 4.87. The van der Waals surface area contributed by atoms with Crippen LogP contribution in [0, 0.1) is 11.8 Å². The Bertz CT molecular complexity index is 699. The van der Waals surface area contributed by atoms with Crippen LogP contribution in [0.15, 0.2) is 6.20 Å². The van der Waals surface area contributed by atoms with E-state index in [0.29, 0.717) is 18.2 Å². The standard InChI is InChI=1S/C16H21F3N4O3/c1-2-5-23-13(9-3-4-9)12(6-20-23)21-15(26)22-7-10(14(24)25)11(8-22)16(17,18)19/h6,9-11H,2-5,7-8H2,1H3,(H,21,26)(H,24,25)/t10-,11-/m1/s1. The normalized spacial score (nSPS) is 23.3. The number of carbonyl (C=O) groups excluding carboxylic acids is 1. The summed E-state index contributed by atoms with van der Waals surface area (Å²) in [7, 11) is 0. The van der Waals surface area contributed by atoms with Crippen LogP contribution < -0.4 is 5.32 Å². The molecule has 0 radical (unpaired) electrons. The second-order valence-electron chi connectivity index (χ2n) is 6.87. The number of carboxylic acids is 1. The molecule has 0 unspecified atom stereocenters. The highest BCUT2D eigenvalue weighted by Crippen LogP contribution is 2.44. The van der Waals surface area contributed by atoms with E-state index in [1.807, 2.05) is 11.6 Å². The van der Waals surface area contributed by atoms with Crippen molar-refractivity contribution in [1.82, 2.24) is 14.7 Å². The highest BCUT2D eigenvalue weighted by Gasteiger charge is 2.53. The Balaban J connectivity index is 1.74. The van der Waals surface area contributed by atoms with E-state index in [2.05, 4.69) is 10.4 Å². The first-order chi connectivity index (χ1) is 12.2. The molecule has 10 heteroatoms. The van der Waals surface area contributed by atoms with Gasteiger partial charge in [0.25, 0.3) is 0 Å². The van der Waals surface area contributed by atoms with Gasteiger partial charge in [-0.1, -0.05) is 6.92 Å². The van der Waals surface area contributed by atoms with E-state index < -0.39 is 43.1 Å². The number of alkyl halides is 3. The van der Waals surface area contributed by atoms with E-state index in [1.165, 1.54) is 6.20 Å². The number of rotatable bonds is 5. The molecular formula is C16H21F3N4O3. The van der Waals surface area contributed by atoms with Gasteiger partial charge >= 0.3 is 18.2 Å². The van der Waals surface area contributed by atoms with Gasteiger partial charge in [0, 0.05) is 25.6 Å². The van der Waals surface area contributed by atoms with E-state index in [9.17, 15) is 22.8 Å². The lowest BCUT2D eigenvalue weighted by Gasteiger charge is -2.19. The molecule has 1 saturated heterocycles. The number of halogens is 3. The molecule has 2 aliphatic rings. The second-order valence-corrected chi connectivity index (χ2v) is 6.87. The highest BCUT2D eigenvalue weighted by molar-refractivity contribution is 5.90. The zero-order valence-corrected chi connectivity index (χ0v) is 14.3. The predicted octanol–water partition coefficient (Wildman–Crippen LogP) is 2.90. The first kappa shape index (κ1) is 18.5. The Kier molecular flexibility index (Phi) is 4.85. The number of nitrogens with zero attached hydrogens (tertiary/aromatic N) is 3. The molecule has 2 fully saturated rings. The van der Waals surface area contributed by atoms with Crippen molar-refractivity contribution >= 4 is 17.7 Å². The lowest BCUT2D eigenvalue weighted by molar-refractivity contribution is -0.187. The van der Waals surface area contributed by atoms with Crippen molar-refractivity contribution in [3.63, 3.8) is 0 Å². The molecule has 0 bridgehead atoms. The second kappa shape index (κ2) is 6.81. The minimum Gasteiger partial charge on any atom is -0.481 e. The van der Waals surface area contributed by atoms with Gasteiger partial charge in [-0.2, -0.15) is 18.3 Å². The Hall–Kier alpha value is -2.26. The van der Waals surface area contributed by atoms with Crippen molar-refractivity contribution in [2.75, 3.05) is 18.4 Å². The average Bonchev–Trinajstić information content (AvgIpc) is 3.13. The monoisotopic (exact) mass is 374 g/mol. The topological polar surface area (TPSA) is 87.5 Å². The van der Waals surface area contributed by atoms with Gasteiger partial charge in [0.05, 0.1) is 29.4 Å². The summed E-state index contributed by atoms with van der Waals surface area (Å²) < 4.78 is 41.0. The Morgan fingerprint density at radius 3 is 2.54 bits per heavy atom. The minimum atomic E-state index is -4.66. The smallest absolute Gasteiger partial charge is 0.394 e. The van der Waals surface area contributed by atoms with Crippen molar-refractivity contribution in [3.05, 3.63) is 11.9 Å². The zero-order chi connectivity index (χ0) is 19.1. The van der Waals surface area contributed by atoms with Crippen LogP contribution in [0.25, 0.3) is 0 Å². The van der Waals surface area contributed by atoms with E-state index in [0.717, 1.165) is 29.9 Å². The van der Waals surface area contributed by atoms with Gasteiger partial charge in [-0.25, -0.2) is 4.79 Å². The van der Waals surface area contributed by atoms with Crippen molar-refractivity contribution in [1.29, 1.82) is 0 Å². The molecular weight excluding hydrogens is 353 g/mol. The highest BCUT2D eigenvalue weighted by atomic mass is 19.4. The number of aryl methyl sites for hydroxylation is 1. The lowest BCUT2D eigenvalue weighted by atomic mass is 9.96. The SMILES string of the molecule is CCCn1ncc(NC(=O)N2C[C@@H](C(F)(F)F)[C@H](C(=O)O)C2)c1C1CC1. The zero-order valence-electron chi connectivity index (χ0n) is 14.3. The number of likely N-dealkylation sites (tertiary alicyclic amines) is 1. The van der Waals surface area contributed by atoms with E-state index in [4.69, 9.17) is 5.11 Å². The number of carboxylic acid groups (broad SMARTS) is 1. The molecule has 2 N–H and O–H groups in total. The molecule has 2 atom stereocenters. The third kappa shape index (κ3) is 3.63. The Morgan fingerprint density at radius 2 is 2.04 bits per heavy atom. The van der Waals surface area contributed by atoms with Gasteiger partial charge in [-0.05, 0) is 19.3 Å². The average molecular weight is 374 g/mol. The first-order valence-electron chi connectivity index (χ1n) is 8.63. The number of urea groups is 1. The quantitative estimate of drug-likeness (QED) is 0.830. The molecule has 0 spiro atoms. The molecule has 1 aromatic heterocycles. The molecule has 3 rings (SSSR count). The minimum absolute atomic E-state index is 0.299. The molecule has 1 aliphatic heterocycles. The molecule has 0 aromatic carbocycles. The van der Waals surface area contributed by atoms with Gasteiger partial charge in [-0.3, -0.25) is 9.48 Å². The summed E-state index contributed by atoms with van der Waals surface area (Å²) in [5.41, 5.74) is 1.38. The molecule has 1 saturated carbocycles. The molecule has 144 valence electrons. The number of nitrogens with one attached hydrogen (secondary N) is 1. The molecule has 2 heterocycles. The van der Waals surface area contributed by atoms with Crippen LogP contribution in [0.3, 0.4) is 0 Å². The summed E-state index contributed by atoms with van der Waals surface area (Å²) in [6.07, 6.45) is -0.316. The summed E-state index contributed by atoms with van der Waals surface area (Å²) in [6.45, 7) is 1.58. The molecule has 26 heavy (non-hydrogen) atoms. The van der Waals surface area contributed by atoms with Gasteiger partial charge in [-0.15, -0.1) is 0 Å². The van der Waals surface area contributed by atoms with Crippen LogP contribution >= 0.6 is 0 Å². The van der Waals surface area contributed by atoms with Crippen LogP contribution in [0.4, 0.5) is 23.7 Å². The third-order valence-electron chi connectivity index (χ3n) is 4.87. The number of carbonyl (C=O) groups is 2. The number of amides is 2. The lowest BCUT2D eigenvalue weighted by Crippen LogP contribution is -2.35. The largest absolute Gasteiger partial charge is 0.481 e. The van der Waals surface area contributed by atoms with E-state index in [-0.39, 0.29) is 0 Å². The van der Waals surface area contributed by atoms with Gasteiger partial charge in [0.1, 0.15) is 0 Å². The number of anilines is 1. The maximum atomic E-state index is 13.1. The van der Waals surface area contributed by atoms with E-state index in [1.54, 1.807) is 0 Å². The Labute approximate surface area is 148 Å². The summed E-state index contributed by atoms with van der Waals surface area (Å²) >= 11 is 0. The van der Waals surface area contributed by atoms with Crippen LogP contribution in [0.5, 0.6) is 0 Å². The maximum Gasteiger partial charge on any atom is 0.394 e. The van der Waals surface area contributed by atoms with Crippen LogP contribution in [-0.2, 0) is 11.3 Å². The van der Waals surface area contributed by atoms with Gasteiger partial charge in [0.15, 0.2) is 0 Å². The molecule has 7 nitrogen and oxygen atoms in total. The summed E-state index contributed by atoms with van der Waals surface area (Å²) in [5.74, 6) is -4.95. The number of hydrogen-bond donors (Lipinski definition) is 2. The predicted molar refractivity (Wildman–Crippen MR) is 85.8 cm³/mol. The van der Waals surface area contributed by atoms with Crippen LogP contribution in [0.2, 0.25) is 0 Å². The molecule has 1 aromatic rings. The number of aromatic nitrogens is 2. The fourth-order valence-electron chi connectivity index (χ4n) is 3.41. The van der Waals surface area contributed by atoms with Crippen molar-refractivity contribution in [3.8, 4) is 0 Å².